The molecule has 144 valence electrons. The van der Waals surface area contributed by atoms with Gasteiger partial charge in [0.2, 0.25) is 0 Å². The van der Waals surface area contributed by atoms with Gasteiger partial charge in [-0.2, -0.15) is 0 Å². The minimum Gasteiger partial charge on any atom is -0.461 e. The van der Waals surface area contributed by atoms with Crippen LogP contribution < -0.4 is 0 Å². The van der Waals surface area contributed by atoms with E-state index in [2.05, 4.69) is 0 Å². The van der Waals surface area contributed by atoms with Gasteiger partial charge in [0, 0.05) is 24.0 Å². The summed E-state index contributed by atoms with van der Waals surface area (Å²) in [6, 6.07) is 5.59. The third kappa shape index (κ3) is 6.73. The van der Waals surface area contributed by atoms with Crippen LogP contribution in [0.2, 0.25) is 0 Å². The van der Waals surface area contributed by atoms with Gasteiger partial charge in [-0.05, 0) is 42.8 Å². The highest BCUT2D eigenvalue weighted by atomic mass is 19.1. The van der Waals surface area contributed by atoms with Gasteiger partial charge in [0.05, 0.1) is 0 Å². The van der Waals surface area contributed by atoms with Crippen LogP contribution in [0.25, 0.3) is 0 Å². The first-order chi connectivity index (χ1) is 12.8. The molecule has 0 heterocycles. The molecule has 2 aromatic carbocycles. The molecule has 27 heavy (non-hydrogen) atoms. The number of halogens is 4. The Bertz CT molecular complexity index is 756. The largest absolute Gasteiger partial charge is 0.461 e. The second-order valence-electron chi connectivity index (χ2n) is 5.65. The van der Waals surface area contributed by atoms with Crippen molar-refractivity contribution in [2.75, 3.05) is 0 Å². The summed E-state index contributed by atoms with van der Waals surface area (Å²) in [5, 5.41) is 0. The van der Waals surface area contributed by atoms with E-state index in [0.29, 0.717) is 0 Å². The van der Waals surface area contributed by atoms with Crippen molar-refractivity contribution in [2.24, 2.45) is 0 Å². The van der Waals surface area contributed by atoms with Crippen molar-refractivity contribution >= 4 is 11.9 Å². The average molecular weight is 384 g/mol. The van der Waals surface area contributed by atoms with Gasteiger partial charge in [0.15, 0.2) is 0 Å². The van der Waals surface area contributed by atoms with Gasteiger partial charge in [0.1, 0.15) is 36.5 Å². The molecule has 4 nitrogen and oxygen atoms in total. The number of hydrogen-bond acceptors (Lipinski definition) is 4. The van der Waals surface area contributed by atoms with Crippen molar-refractivity contribution in [3.05, 3.63) is 70.8 Å². The molecule has 0 saturated carbocycles. The molecule has 0 aliphatic carbocycles. The molecule has 2 rings (SSSR count). The lowest BCUT2D eigenvalue weighted by atomic mass is 10.2. The molecule has 0 aliphatic rings. The van der Waals surface area contributed by atoms with E-state index in [1.165, 1.54) is 0 Å². The van der Waals surface area contributed by atoms with Crippen LogP contribution in [0.4, 0.5) is 17.6 Å². The molecule has 8 heteroatoms. The maximum absolute atomic E-state index is 13.4. The second-order valence-corrected chi connectivity index (χ2v) is 5.65. The normalized spacial score (nSPS) is 10.5. The zero-order valence-electron chi connectivity index (χ0n) is 14.1. The summed E-state index contributed by atoms with van der Waals surface area (Å²) in [7, 11) is 0. The molecule has 0 spiro atoms. The van der Waals surface area contributed by atoms with Crippen molar-refractivity contribution < 1.29 is 36.6 Å². The highest BCUT2D eigenvalue weighted by molar-refractivity contribution is 5.72. The minimum atomic E-state index is -0.697. The molecule has 0 amide bonds. The lowest BCUT2D eigenvalue weighted by molar-refractivity contribution is -0.146. The summed E-state index contributed by atoms with van der Waals surface area (Å²) in [6.07, 6.45) is -0.185. The zero-order chi connectivity index (χ0) is 19.8. The molecule has 0 N–H and O–H groups in total. The van der Waals surface area contributed by atoms with Crippen LogP contribution >= 0.6 is 0 Å². The summed E-state index contributed by atoms with van der Waals surface area (Å²) >= 11 is 0. The number of ether oxygens (including phenoxy) is 2. The topological polar surface area (TPSA) is 52.6 Å². The van der Waals surface area contributed by atoms with Gasteiger partial charge in [-0.3, -0.25) is 9.59 Å². The van der Waals surface area contributed by atoms with Crippen LogP contribution in [0.15, 0.2) is 36.4 Å². The first-order valence-corrected chi connectivity index (χ1v) is 8.04. The van der Waals surface area contributed by atoms with E-state index >= 15 is 0 Å². The van der Waals surface area contributed by atoms with Gasteiger partial charge in [0.25, 0.3) is 0 Å². The predicted octanol–water partition coefficient (Wildman–Crippen LogP) is 4.20. The lowest BCUT2D eigenvalue weighted by Crippen LogP contribution is -2.09. The fourth-order valence-corrected chi connectivity index (χ4v) is 2.15. The number of esters is 2. The van der Waals surface area contributed by atoms with Crippen molar-refractivity contribution in [3.8, 4) is 0 Å². The van der Waals surface area contributed by atoms with Crippen LogP contribution in [0.1, 0.15) is 30.4 Å². The molecule has 0 aliphatic heterocycles. The molecule has 0 radical (unpaired) electrons. The van der Waals surface area contributed by atoms with E-state index in [1.807, 2.05) is 0 Å². The van der Waals surface area contributed by atoms with Crippen molar-refractivity contribution in [3.63, 3.8) is 0 Å². The molecular weight excluding hydrogens is 368 g/mol. The van der Waals surface area contributed by atoms with Crippen LogP contribution in [-0.4, -0.2) is 11.9 Å². The standard InChI is InChI=1S/C19H16F4O4/c20-14-4-6-16(22)12(8-14)10-26-18(24)2-1-3-19(25)27-11-13-9-15(21)5-7-17(13)23/h4-9H,1-3,10-11H2. The molecule has 0 fully saturated rings. The third-order valence-corrected chi connectivity index (χ3v) is 3.55. The smallest absolute Gasteiger partial charge is 0.306 e. The van der Waals surface area contributed by atoms with Gasteiger partial charge >= 0.3 is 11.9 Å². The van der Waals surface area contributed by atoms with Crippen LogP contribution in [-0.2, 0) is 32.3 Å². The maximum Gasteiger partial charge on any atom is 0.306 e. The monoisotopic (exact) mass is 384 g/mol. The Hall–Kier alpha value is -2.90. The Kier molecular flexibility index (Phi) is 7.34. The Morgan fingerprint density at radius 1 is 0.704 bits per heavy atom. The molecule has 0 bridgehead atoms. The van der Waals surface area contributed by atoms with E-state index in [0.717, 1.165) is 36.4 Å². The predicted molar refractivity (Wildman–Crippen MR) is 86.2 cm³/mol. The van der Waals surface area contributed by atoms with Crippen molar-refractivity contribution in [1.82, 2.24) is 0 Å². The van der Waals surface area contributed by atoms with E-state index in [1.54, 1.807) is 0 Å². The van der Waals surface area contributed by atoms with Crippen LogP contribution in [0.3, 0.4) is 0 Å². The quantitative estimate of drug-likeness (QED) is 0.506. The Morgan fingerprint density at radius 3 is 1.52 bits per heavy atom. The summed E-state index contributed by atoms with van der Waals surface area (Å²) < 4.78 is 62.4. The number of hydrogen-bond donors (Lipinski definition) is 0. The SMILES string of the molecule is O=C(CCCC(=O)OCc1cc(F)ccc1F)OCc1cc(F)ccc1F. The van der Waals surface area contributed by atoms with Crippen molar-refractivity contribution in [2.45, 2.75) is 32.5 Å². The molecule has 0 atom stereocenters. The van der Waals surface area contributed by atoms with Gasteiger partial charge in [-0.15, -0.1) is 0 Å². The second kappa shape index (κ2) is 9.70. The number of rotatable bonds is 8. The number of benzene rings is 2. The first-order valence-electron chi connectivity index (χ1n) is 8.04. The minimum absolute atomic E-state index is 0.0922. The molecular formula is C19H16F4O4. The van der Waals surface area contributed by atoms with Gasteiger partial charge in [-0.1, -0.05) is 0 Å². The number of carbonyl (C=O) groups is 2. The Morgan fingerprint density at radius 2 is 1.11 bits per heavy atom. The molecule has 2 aromatic rings. The van der Waals surface area contributed by atoms with Crippen LogP contribution in [0.5, 0.6) is 0 Å². The highest BCUT2D eigenvalue weighted by Crippen LogP contribution is 2.13. The Balaban J connectivity index is 1.67. The summed E-state index contributed by atoms with van der Waals surface area (Å²) in [5.74, 6) is -4.08. The maximum atomic E-state index is 13.4. The molecule has 0 aromatic heterocycles. The van der Waals surface area contributed by atoms with E-state index in [4.69, 9.17) is 9.47 Å². The zero-order valence-corrected chi connectivity index (χ0v) is 14.1. The summed E-state index contributed by atoms with van der Waals surface area (Å²) in [6.45, 7) is -0.850. The fraction of sp³-hybridized carbons (Fsp3) is 0.263. The van der Waals surface area contributed by atoms with Crippen molar-refractivity contribution in [1.29, 1.82) is 0 Å². The lowest BCUT2D eigenvalue weighted by Gasteiger charge is -2.07. The first kappa shape index (κ1) is 20.4. The number of carbonyl (C=O) groups excluding carboxylic acids is 2. The third-order valence-electron chi connectivity index (χ3n) is 3.55. The van der Waals surface area contributed by atoms with E-state index in [-0.39, 0.29) is 30.4 Å². The van der Waals surface area contributed by atoms with Crippen LogP contribution in [0, 0.1) is 23.3 Å². The molecule has 0 unspecified atom stereocenters. The fourth-order valence-electron chi connectivity index (χ4n) is 2.15. The average Bonchev–Trinajstić information content (AvgIpc) is 2.63. The van der Waals surface area contributed by atoms with E-state index in [9.17, 15) is 27.2 Å². The highest BCUT2D eigenvalue weighted by Gasteiger charge is 2.11. The Labute approximate surface area is 152 Å². The molecule has 0 saturated heterocycles. The van der Waals surface area contributed by atoms with Gasteiger partial charge < -0.3 is 9.47 Å². The summed E-state index contributed by atoms with van der Waals surface area (Å²) in [5.41, 5.74) is -0.195. The van der Waals surface area contributed by atoms with Gasteiger partial charge in [-0.25, -0.2) is 17.6 Å². The van der Waals surface area contributed by atoms with E-state index < -0.39 is 48.4 Å². The summed E-state index contributed by atoms with van der Waals surface area (Å²) in [4.78, 5) is 23.1.